The van der Waals surface area contributed by atoms with Crippen LogP contribution in [0.15, 0.2) is 24.3 Å². The van der Waals surface area contributed by atoms with Gasteiger partial charge in [0.15, 0.2) is 0 Å². The van der Waals surface area contributed by atoms with Gasteiger partial charge in [-0.3, -0.25) is 4.79 Å². The van der Waals surface area contributed by atoms with Crippen molar-refractivity contribution in [1.82, 2.24) is 0 Å². The molecule has 1 aromatic carbocycles. The molecule has 0 saturated heterocycles. The summed E-state index contributed by atoms with van der Waals surface area (Å²) in [6, 6.07) is 4.76. The standard InChI is InChI=1S/C13H12F4O/c14-10-5-3-9(4-6-10)12(8-13(15,16)17)7-1-2-11(12)18/h3-6H,1-2,7-8H2. The minimum Gasteiger partial charge on any atom is -0.299 e. The van der Waals surface area contributed by atoms with Crippen LogP contribution in [0.1, 0.15) is 31.2 Å². The first kappa shape index (κ1) is 13.1. The summed E-state index contributed by atoms with van der Waals surface area (Å²) in [5.41, 5.74) is -1.24. The summed E-state index contributed by atoms with van der Waals surface area (Å²) in [5.74, 6) is -0.919. The van der Waals surface area contributed by atoms with Crippen molar-refractivity contribution in [2.75, 3.05) is 0 Å². The number of ketones is 1. The molecule has 0 radical (unpaired) electrons. The second kappa shape index (κ2) is 4.37. The maximum Gasteiger partial charge on any atom is 0.390 e. The van der Waals surface area contributed by atoms with Crippen LogP contribution in [-0.4, -0.2) is 12.0 Å². The van der Waals surface area contributed by atoms with Crippen LogP contribution in [0.4, 0.5) is 17.6 Å². The van der Waals surface area contributed by atoms with Crippen molar-refractivity contribution in [1.29, 1.82) is 0 Å². The Labute approximate surface area is 102 Å². The molecule has 1 atom stereocenters. The first-order valence-corrected chi connectivity index (χ1v) is 5.70. The molecule has 2 rings (SSSR count). The minimum absolute atomic E-state index is 0.160. The average Bonchev–Trinajstić information content (AvgIpc) is 2.60. The van der Waals surface area contributed by atoms with Gasteiger partial charge in [0, 0.05) is 6.42 Å². The SMILES string of the molecule is O=C1CCCC1(CC(F)(F)F)c1ccc(F)cc1. The van der Waals surface area contributed by atoms with Crippen molar-refractivity contribution in [3.05, 3.63) is 35.6 Å². The zero-order valence-corrected chi connectivity index (χ0v) is 9.56. The molecule has 1 aliphatic rings. The van der Waals surface area contributed by atoms with Crippen LogP contribution in [0.2, 0.25) is 0 Å². The number of carbonyl (C=O) groups is 1. The lowest BCUT2D eigenvalue weighted by molar-refractivity contribution is -0.155. The van der Waals surface area contributed by atoms with E-state index in [9.17, 15) is 22.4 Å². The Hall–Kier alpha value is -1.39. The van der Waals surface area contributed by atoms with E-state index >= 15 is 0 Å². The minimum atomic E-state index is -4.41. The van der Waals surface area contributed by atoms with E-state index in [1.807, 2.05) is 0 Å². The normalized spacial score (nSPS) is 24.6. The Morgan fingerprint density at radius 3 is 2.22 bits per heavy atom. The van der Waals surface area contributed by atoms with E-state index in [-0.39, 0.29) is 18.4 Å². The average molecular weight is 260 g/mol. The molecule has 0 amide bonds. The van der Waals surface area contributed by atoms with Crippen LogP contribution in [-0.2, 0) is 10.2 Å². The number of Topliss-reactive ketones (excluding diaryl/α,β-unsaturated/α-hetero) is 1. The van der Waals surface area contributed by atoms with E-state index < -0.39 is 29.6 Å². The van der Waals surface area contributed by atoms with Crippen molar-refractivity contribution in [3.63, 3.8) is 0 Å². The molecular weight excluding hydrogens is 248 g/mol. The summed E-state index contributed by atoms with van der Waals surface area (Å²) < 4.78 is 50.8. The summed E-state index contributed by atoms with van der Waals surface area (Å²) in [5, 5.41) is 0. The van der Waals surface area contributed by atoms with Crippen molar-refractivity contribution >= 4 is 5.78 Å². The lowest BCUT2D eigenvalue weighted by Crippen LogP contribution is -2.36. The maximum absolute atomic E-state index is 12.8. The summed E-state index contributed by atoms with van der Waals surface area (Å²) in [4.78, 5) is 11.9. The lowest BCUT2D eigenvalue weighted by atomic mass is 9.75. The molecule has 1 unspecified atom stereocenters. The Morgan fingerprint density at radius 2 is 1.78 bits per heavy atom. The summed E-state index contributed by atoms with van der Waals surface area (Å²) in [6.07, 6.45) is -4.78. The molecule has 0 aliphatic heterocycles. The number of rotatable bonds is 2. The van der Waals surface area contributed by atoms with Gasteiger partial charge in [0.25, 0.3) is 0 Å². The summed E-state index contributed by atoms with van der Waals surface area (Å²) >= 11 is 0. The summed E-state index contributed by atoms with van der Waals surface area (Å²) in [6.45, 7) is 0. The molecule has 0 bridgehead atoms. The van der Waals surface area contributed by atoms with E-state index in [1.54, 1.807) is 0 Å². The molecule has 0 aromatic heterocycles. The fraction of sp³-hybridized carbons (Fsp3) is 0.462. The van der Waals surface area contributed by atoms with Crippen LogP contribution in [0.25, 0.3) is 0 Å². The maximum atomic E-state index is 12.8. The number of halogens is 4. The molecule has 0 N–H and O–H groups in total. The second-order valence-electron chi connectivity index (χ2n) is 4.66. The fourth-order valence-corrected chi connectivity index (χ4v) is 2.63. The third kappa shape index (κ3) is 2.40. The van der Waals surface area contributed by atoms with Crippen molar-refractivity contribution in [2.45, 2.75) is 37.3 Å². The van der Waals surface area contributed by atoms with Crippen LogP contribution >= 0.6 is 0 Å². The smallest absolute Gasteiger partial charge is 0.299 e. The van der Waals surface area contributed by atoms with Crippen molar-refractivity contribution < 1.29 is 22.4 Å². The van der Waals surface area contributed by atoms with Gasteiger partial charge in [-0.1, -0.05) is 12.1 Å². The molecule has 1 nitrogen and oxygen atoms in total. The zero-order valence-electron chi connectivity index (χ0n) is 9.56. The molecule has 5 heteroatoms. The van der Waals surface area contributed by atoms with Gasteiger partial charge >= 0.3 is 6.18 Å². The van der Waals surface area contributed by atoms with E-state index in [4.69, 9.17) is 0 Å². The highest BCUT2D eigenvalue weighted by atomic mass is 19.4. The van der Waals surface area contributed by atoms with Gasteiger partial charge in [0.1, 0.15) is 11.6 Å². The second-order valence-corrected chi connectivity index (χ2v) is 4.66. The quantitative estimate of drug-likeness (QED) is 0.740. The molecule has 18 heavy (non-hydrogen) atoms. The fourth-order valence-electron chi connectivity index (χ4n) is 2.63. The molecule has 98 valence electrons. The number of hydrogen-bond acceptors (Lipinski definition) is 1. The van der Waals surface area contributed by atoms with Gasteiger partial charge in [-0.25, -0.2) is 4.39 Å². The topological polar surface area (TPSA) is 17.1 Å². The highest BCUT2D eigenvalue weighted by Crippen LogP contribution is 2.45. The third-order valence-electron chi connectivity index (χ3n) is 3.44. The lowest BCUT2D eigenvalue weighted by Gasteiger charge is -2.29. The summed E-state index contributed by atoms with van der Waals surface area (Å²) in [7, 11) is 0. The number of benzene rings is 1. The molecule has 0 heterocycles. The van der Waals surface area contributed by atoms with Crippen molar-refractivity contribution in [2.24, 2.45) is 0 Å². The predicted octanol–water partition coefficient (Wildman–Crippen LogP) is 3.77. The van der Waals surface area contributed by atoms with Gasteiger partial charge in [0.05, 0.1) is 11.8 Å². The first-order valence-electron chi connectivity index (χ1n) is 5.70. The Bertz CT molecular complexity index is 449. The van der Waals surface area contributed by atoms with E-state index in [0.29, 0.717) is 6.42 Å². The molecule has 1 saturated carbocycles. The Morgan fingerprint density at radius 1 is 1.17 bits per heavy atom. The first-order chi connectivity index (χ1) is 8.33. The molecule has 1 aromatic rings. The van der Waals surface area contributed by atoms with Crippen LogP contribution < -0.4 is 0 Å². The zero-order chi connectivity index (χ0) is 13.4. The number of hydrogen-bond donors (Lipinski definition) is 0. The number of alkyl halides is 3. The number of carbonyl (C=O) groups excluding carboxylic acids is 1. The largest absolute Gasteiger partial charge is 0.390 e. The van der Waals surface area contributed by atoms with E-state index in [2.05, 4.69) is 0 Å². The van der Waals surface area contributed by atoms with Gasteiger partial charge in [0.2, 0.25) is 0 Å². The molecule has 0 spiro atoms. The molecule has 1 aliphatic carbocycles. The highest BCUT2D eigenvalue weighted by Gasteiger charge is 2.50. The van der Waals surface area contributed by atoms with Gasteiger partial charge in [-0.05, 0) is 30.5 Å². The molecular formula is C13H12F4O. The molecule has 1 fully saturated rings. The predicted molar refractivity (Wildman–Crippen MR) is 57.6 cm³/mol. The van der Waals surface area contributed by atoms with Crippen LogP contribution in [0.3, 0.4) is 0 Å². The Balaban J connectivity index is 2.42. The van der Waals surface area contributed by atoms with Crippen molar-refractivity contribution in [3.8, 4) is 0 Å². The Kier molecular flexibility index (Phi) is 3.17. The van der Waals surface area contributed by atoms with Gasteiger partial charge < -0.3 is 0 Å². The van der Waals surface area contributed by atoms with Crippen LogP contribution in [0, 0.1) is 5.82 Å². The van der Waals surface area contributed by atoms with E-state index in [0.717, 1.165) is 12.1 Å². The third-order valence-corrected chi connectivity index (χ3v) is 3.44. The van der Waals surface area contributed by atoms with Gasteiger partial charge in [-0.15, -0.1) is 0 Å². The van der Waals surface area contributed by atoms with Gasteiger partial charge in [-0.2, -0.15) is 13.2 Å². The monoisotopic (exact) mass is 260 g/mol. The van der Waals surface area contributed by atoms with Crippen LogP contribution in [0.5, 0.6) is 0 Å². The highest BCUT2D eigenvalue weighted by molar-refractivity contribution is 5.92. The van der Waals surface area contributed by atoms with E-state index in [1.165, 1.54) is 12.1 Å².